The Morgan fingerprint density at radius 1 is 1.42 bits per heavy atom. The van der Waals surface area contributed by atoms with Crippen molar-refractivity contribution >= 4 is 5.91 Å². The summed E-state index contributed by atoms with van der Waals surface area (Å²) >= 11 is 0. The maximum Gasteiger partial charge on any atom is 0.223 e. The zero-order valence-corrected chi connectivity index (χ0v) is 11.5. The number of hydrogen-bond acceptors (Lipinski definition) is 3. The summed E-state index contributed by atoms with van der Waals surface area (Å²) in [5.41, 5.74) is 1.13. The molecule has 0 aromatic carbocycles. The van der Waals surface area contributed by atoms with E-state index in [4.69, 9.17) is 0 Å². The average Bonchev–Trinajstić information content (AvgIpc) is 2.89. The molecule has 104 valence electrons. The molecule has 1 N–H and O–H groups in total. The first-order chi connectivity index (χ1) is 9.25. The Bertz CT molecular complexity index is 442. The minimum Gasteiger partial charge on any atom is -0.335 e. The molecule has 1 aromatic rings. The van der Waals surface area contributed by atoms with Gasteiger partial charge in [0.2, 0.25) is 5.91 Å². The van der Waals surface area contributed by atoms with Crippen LogP contribution in [0, 0.1) is 0 Å². The van der Waals surface area contributed by atoms with Crippen molar-refractivity contribution in [2.24, 2.45) is 7.05 Å². The summed E-state index contributed by atoms with van der Waals surface area (Å²) in [6.07, 6.45) is 6.64. The lowest BCUT2D eigenvalue weighted by Gasteiger charge is -2.28. The van der Waals surface area contributed by atoms with Crippen LogP contribution in [0.15, 0.2) is 12.3 Å². The highest BCUT2D eigenvalue weighted by Crippen LogP contribution is 2.28. The molecule has 2 aliphatic rings. The number of aromatic nitrogens is 2. The van der Waals surface area contributed by atoms with E-state index in [0.717, 1.165) is 38.0 Å². The second kappa shape index (κ2) is 5.33. The van der Waals surface area contributed by atoms with E-state index in [0.29, 0.717) is 24.4 Å². The van der Waals surface area contributed by atoms with E-state index in [1.807, 2.05) is 17.8 Å². The Balaban J connectivity index is 1.62. The molecule has 0 spiro atoms. The number of hydrogen-bond donors (Lipinski definition) is 1. The van der Waals surface area contributed by atoms with Crippen LogP contribution in [0.25, 0.3) is 0 Å². The highest BCUT2D eigenvalue weighted by molar-refractivity contribution is 5.77. The summed E-state index contributed by atoms with van der Waals surface area (Å²) in [6, 6.07) is 2.89. The fourth-order valence-electron chi connectivity index (χ4n) is 3.40. The van der Waals surface area contributed by atoms with Gasteiger partial charge in [-0.15, -0.1) is 0 Å². The highest BCUT2D eigenvalue weighted by Gasteiger charge is 2.37. The molecule has 2 atom stereocenters. The lowest BCUT2D eigenvalue weighted by molar-refractivity contribution is -0.133. The quantitative estimate of drug-likeness (QED) is 0.872. The van der Waals surface area contributed by atoms with Gasteiger partial charge in [-0.3, -0.25) is 9.48 Å². The second-order valence-electron chi connectivity index (χ2n) is 5.62. The first kappa shape index (κ1) is 12.7. The maximum atomic E-state index is 12.5. The Morgan fingerprint density at radius 3 is 3.05 bits per heavy atom. The van der Waals surface area contributed by atoms with Crippen molar-refractivity contribution in [2.75, 3.05) is 13.1 Å². The largest absolute Gasteiger partial charge is 0.335 e. The van der Waals surface area contributed by atoms with Crippen molar-refractivity contribution < 1.29 is 4.79 Å². The molecule has 2 aliphatic heterocycles. The molecular weight excluding hydrogens is 240 g/mol. The molecule has 3 heterocycles. The number of fused-ring (bicyclic) bond motifs is 2. The molecule has 0 unspecified atom stereocenters. The minimum absolute atomic E-state index is 0.317. The third kappa shape index (κ3) is 2.52. The molecule has 0 radical (unpaired) electrons. The van der Waals surface area contributed by atoms with Gasteiger partial charge in [0.1, 0.15) is 0 Å². The first-order valence-electron chi connectivity index (χ1n) is 7.24. The SMILES string of the molecule is Cn1nccc1CCC(=O)N1[C@H]2CCNC[C@@H]1CC2. The van der Waals surface area contributed by atoms with Crippen LogP contribution in [-0.2, 0) is 18.3 Å². The Labute approximate surface area is 114 Å². The zero-order valence-electron chi connectivity index (χ0n) is 11.5. The van der Waals surface area contributed by atoms with Gasteiger partial charge in [0, 0.05) is 44.0 Å². The molecule has 1 amide bonds. The van der Waals surface area contributed by atoms with Gasteiger partial charge in [0.15, 0.2) is 0 Å². The number of nitrogens with one attached hydrogen (secondary N) is 1. The number of carbonyl (C=O) groups excluding carboxylic acids is 1. The zero-order chi connectivity index (χ0) is 13.2. The fraction of sp³-hybridized carbons (Fsp3) is 0.714. The summed E-state index contributed by atoms with van der Waals surface area (Å²) in [6.45, 7) is 2.01. The van der Waals surface area contributed by atoms with Gasteiger partial charge in [0.05, 0.1) is 0 Å². The van der Waals surface area contributed by atoms with Crippen LogP contribution in [0.3, 0.4) is 0 Å². The number of aryl methyl sites for hydroxylation is 2. The van der Waals surface area contributed by atoms with E-state index in [2.05, 4.69) is 15.3 Å². The van der Waals surface area contributed by atoms with Crippen LogP contribution < -0.4 is 5.32 Å². The predicted octanol–water partition coefficient (Wildman–Crippen LogP) is 0.706. The summed E-state index contributed by atoms with van der Waals surface area (Å²) < 4.78 is 1.85. The van der Waals surface area contributed by atoms with Crippen LogP contribution in [0.4, 0.5) is 0 Å². The number of nitrogens with zero attached hydrogens (tertiary/aromatic N) is 3. The van der Waals surface area contributed by atoms with E-state index >= 15 is 0 Å². The first-order valence-corrected chi connectivity index (χ1v) is 7.24. The smallest absolute Gasteiger partial charge is 0.223 e. The molecule has 19 heavy (non-hydrogen) atoms. The van der Waals surface area contributed by atoms with Crippen molar-refractivity contribution in [3.63, 3.8) is 0 Å². The van der Waals surface area contributed by atoms with Gasteiger partial charge < -0.3 is 10.2 Å². The van der Waals surface area contributed by atoms with E-state index < -0.39 is 0 Å². The molecule has 2 bridgehead atoms. The van der Waals surface area contributed by atoms with Crippen LogP contribution >= 0.6 is 0 Å². The average molecular weight is 262 g/mol. The topological polar surface area (TPSA) is 50.2 Å². The molecule has 1 aromatic heterocycles. The summed E-state index contributed by atoms with van der Waals surface area (Å²) in [5.74, 6) is 0.317. The lowest BCUT2D eigenvalue weighted by Crippen LogP contribution is -2.42. The summed E-state index contributed by atoms with van der Waals surface area (Å²) in [4.78, 5) is 14.6. The molecule has 2 fully saturated rings. The summed E-state index contributed by atoms with van der Waals surface area (Å²) in [7, 11) is 1.93. The van der Waals surface area contributed by atoms with Gasteiger partial charge in [0.25, 0.3) is 0 Å². The number of carbonyl (C=O) groups is 1. The van der Waals surface area contributed by atoms with E-state index in [1.54, 1.807) is 6.20 Å². The van der Waals surface area contributed by atoms with Crippen molar-refractivity contribution in [1.82, 2.24) is 20.0 Å². The van der Waals surface area contributed by atoms with E-state index in [9.17, 15) is 4.79 Å². The van der Waals surface area contributed by atoms with Gasteiger partial charge in [-0.1, -0.05) is 0 Å². The molecule has 5 nitrogen and oxygen atoms in total. The fourth-order valence-corrected chi connectivity index (χ4v) is 3.40. The van der Waals surface area contributed by atoms with Gasteiger partial charge in [-0.2, -0.15) is 5.10 Å². The Morgan fingerprint density at radius 2 is 2.26 bits per heavy atom. The van der Waals surface area contributed by atoms with Crippen molar-refractivity contribution in [3.05, 3.63) is 18.0 Å². The lowest BCUT2D eigenvalue weighted by atomic mass is 10.1. The third-order valence-corrected chi connectivity index (χ3v) is 4.46. The number of rotatable bonds is 3. The van der Waals surface area contributed by atoms with Gasteiger partial charge in [-0.25, -0.2) is 0 Å². The van der Waals surface area contributed by atoms with Crippen LogP contribution in [-0.4, -0.2) is 45.8 Å². The van der Waals surface area contributed by atoms with Crippen LogP contribution in [0.1, 0.15) is 31.4 Å². The second-order valence-corrected chi connectivity index (χ2v) is 5.62. The third-order valence-electron chi connectivity index (χ3n) is 4.46. The van der Waals surface area contributed by atoms with Gasteiger partial charge >= 0.3 is 0 Å². The summed E-state index contributed by atoms with van der Waals surface area (Å²) in [5, 5.41) is 7.58. The Hall–Kier alpha value is -1.36. The normalized spacial score (nSPS) is 26.5. The number of amides is 1. The molecule has 3 rings (SSSR count). The predicted molar refractivity (Wildman–Crippen MR) is 72.7 cm³/mol. The Kier molecular flexibility index (Phi) is 3.55. The molecule has 2 saturated heterocycles. The molecule has 0 saturated carbocycles. The minimum atomic E-state index is 0.317. The molecule has 5 heteroatoms. The van der Waals surface area contributed by atoms with Crippen LogP contribution in [0.2, 0.25) is 0 Å². The molecular formula is C14H22N4O. The van der Waals surface area contributed by atoms with E-state index in [-0.39, 0.29) is 0 Å². The van der Waals surface area contributed by atoms with Crippen LogP contribution in [0.5, 0.6) is 0 Å². The molecule has 0 aliphatic carbocycles. The monoisotopic (exact) mass is 262 g/mol. The van der Waals surface area contributed by atoms with Crippen molar-refractivity contribution in [1.29, 1.82) is 0 Å². The van der Waals surface area contributed by atoms with Crippen molar-refractivity contribution in [2.45, 2.75) is 44.2 Å². The van der Waals surface area contributed by atoms with Crippen molar-refractivity contribution in [3.8, 4) is 0 Å². The maximum absolute atomic E-state index is 12.5. The highest BCUT2D eigenvalue weighted by atomic mass is 16.2. The van der Waals surface area contributed by atoms with Gasteiger partial charge in [-0.05, 0) is 38.3 Å². The van der Waals surface area contributed by atoms with E-state index in [1.165, 1.54) is 6.42 Å². The standard InChI is InChI=1S/C14H22N4O/c1-17-11(7-9-16-17)4-5-14(19)18-12-2-3-13(18)10-15-8-6-12/h7,9,12-13,15H,2-6,8,10H2,1H3/t12-,13+/m1/s1.